The number of halogens is 1. The molecule has 100 valence electrons. The molecule has 0 N–H and O–H groups in total. The van der Waals surface area contributed by atoms with Gasteiger partial charge in [-0.25, -0.2) is 4.39 Å². The lowest BCUT2D eigenvalue weighted by molar-refractivity contribution is -0.385. The van der Waals surface area contributed by atoms with Crippen LogP contribution in [0.2, 0.25) is 0 Å². The number of piperidine rings is 1. The fraction of sp³-hybridized carbons (Fsp3) is 0.727. The summed E-state index contributed by atoms with van der Waals surface area (Å²) in [7, 11) is 0. The van der Waals surface area contributed by atoms with Crippen LogP contribution < -0.4 is 0 Å². The van der Waals surface area contributed by atoms with Crippen LogP contribution in [0.5, 0.6) is 0 Å². The van der Waals surface area contributed by atoms with Crippen LogP contribution in [0.4, 0.5) is 10.1 Å². The maximum atomic E-state index is 12.2. The van der Waals surface area contributed by atoms with E-state index in [1.54, 1.807) is 11.6 Å². The molecule has 1 aromatic rings. The van der Waals surface area contributed by atoms with Crippen molar-refractivity contribution in [2.75, 3.05) is 26.3 Å². The molecule has 1 aliphatic rings. The number of aryl methyl sites for hydroxylation is 1. The summed E-state index contributed by atoms with van der Waals surface area (Å²) < 4.78 is 13.9. The minimum atomic E-state index is -0.406. The van der Waals surface area contributed by atoms with Crippen LogP contribution in [0.3, 0.4) is 0 Å². The number of nitro groups is 1. The van der Waals surface area contributed by atoms with E-state index < -0.39 is 4.92 Å². The van der Waals surface area contributed by atoms with Crippen molar-refractivity contribution >= 4 is 5.69 Å². The van der Waals surface area contributed by atoms with Crippen LogP contribution in [0, 0.1) is 17.0 Å². The lowest BCUT2D eigenvalue weighted by Crippen LogP contribution is -2.36. The first-order valence-corrected chi connectivity index (χ1v) is 6.10. The minimum absolute atomic E-state index is 0.0705. The summed E-state index contributed by atoms with van der Waals surface area (Å²) in [4.78, 5) is 12.4. The lowest BCUT2D eigenvalue weighted by Gasteiger charge is -2.31. The normalized spacial score (nSPS) is 18.1. The van der Waals surface area contributed by atoms with Gasteiger partial charge in [0.05, 0.1) is 11.0 Å². The molecule has 0 bridgehead atoms. The average molecular weight is 256 g/mol. The summed E-state index contributed by atoms with van der Waals surface area (Å²) >= 11 is 0. The molecule has 0 unspecified atom stereocenters. The van der Waals surface area contributed by atoms with Gasteiger partial charge < -0.3 is 4.90 Å². The van der Waals surface area contributed by atoms with Gasteiger partial charge in [-0.3, -0.25) is 14.8 Å². The second-order valence-corrected chi connectivity index (χ2v) is 4.60. The second-order valence-electron chi connectivity index (χ2n) is 4.60. The van der Waals surface area contributed by atoms with Crippen LogP contribution in [-0.2, 0) is 0 Å². The number of aromatic nitrogens is 2. The van der Waals surface area contributed by atoms with E-state index in [0.29, 0.717) is 12.2 Å². The molecule has 0 aromatic carbocycles. The number of nitrogens with zero attached hydrogens (tertiary/aromatic N) is 4. The number of rotatable bonds is 4. The SMILES string of the molecule is Cc1nn(C2CCN(CCF)CC2)cc1[N+](=O)[O-]. The summed E-state index contributed by atoms with van der Waals surface area (Å²) in [6.45, 7) is 3.44. The Labute approximate surface area is 105 Å². The zero-order valence-electron chi connectivity index (χ0n) is 10.4. The van der Waals surface area contributed by atoms with Crippen molar-refractivity contribution in [3.05, 3.63) is 22.0 Å². The van der Waals surface area contributed by atoms with Crippen LogP contribution in [-0.4, -0.2) is 45.9 Å². The maximum Gasteiger partial charge on any atom is 0.309 e. The van der Waals surface area contributed by atoms with Crippen LogP contribution in [0.1, 0.15) is 24.6 Å². The quantitative estimate of drug-likeness (QED) is 0.607. The smallest absolute Gasteiger partial charge is 0.301 e. The van der Waals surface area contributed by atoms with E-state index in [9.17, 15) is 14.5 Å². The molecule has 0 amide bonds. The monoisotopic (exact) mass is 256 g/mol. The van der Waals surface area contributed by atoms with Gasteiger partial charge in [0.25, 0.3) is 0 Å². The van der Waals surface area contributed by atoms with Crippen LogP contribution in [0.25, 0.3) is 0 Å². The molecular weight excluding hydrogens is 239 g/mol. The van der Waals surface area contributed by atoms with E-state index in [1.165, 1.54) is 6.20 Å². The van der Waals surface area contributed by atoms with Gasteiger partial charge in [0.15, 0.2) is 0 Å². The first kappa shape index (κ1) is 12.9. The van der Waals surface area contributed by atoms with Crippen molar-refractivity contribution in [2.45, 2.75) is 25.8 Å². The first-order chi connectivity index (χ1) is 8.61. The Hall–Kier alpha value is -1.50. The molecule has 1 aliphatic heterocycles. The topological polar surface area (TPSA) is 64.2 Å². The van der Waals surface area contributed by atoms with Crippen molar-refractivity contribution in [2.24, 2.45) is 0 Å². The van der Waals surface area contributed by atoms with Gasteiger partial charge >= 0.3 is 5.69 Å². The molecule has 0 radical (unpaired) electrons. The van der Waals surface area contributed by atoms with Crippen molar-refractivity contribution in [1.82, 2.24) is 14.7 Å². The second kappa shape index (κ2) is 5.43. The fourth-order valence-corrected chi connectivity index (χ4v) is 2.37. The third-order valence-corrected chi connectivity index (χ3v) is 3.42. The highest BCUT2D eigenvalue weighted by Crippen LogP contribution is 2.25. The predicted octanol–water partition coefficient (Wildman–Crippen LogP) is 1.71. The number of likely N-dealkylation sites (tertiary alicyclic amines) is 1. The summed E-state index contributed by atoms with van der Waals surface area (Å²) in [5.74, 6) is 0. The zero-order valence-corrected chi connectivity index (χ0v) is 10.4. The molecule has 2 rings (SSSR count). The summed E-state index contributed by atoms with van der Waals surface area (Å²) in [5, 5.41) is 15.0. The Morgan fingerprint density at radius 1 is 1.56 bits per heavy atom. The molecule has 1 saturated heterocycles. The highest BCUT2D eigenvalue weighted by molar-refractivity contribution is 5.31. The van der Waals surface area contributed by atoms with Crippen molar-refractivity contribution in [3.63, 3.8) is 0 Å². The summed E-state index contributed by atoms with van der Waals surface area (Å²) in [6.07, 6.45) is 3.22. The third kappa shape index (κ3) is 2.66. The molecule has 0 atom stereocenters. The van der Waals surface area contributed by atoms with Crippen LogP contribution in [0.15, 0.2) is 6.20 Å². The van der Waals surface area contributed by atoms with E-state index in [2.05, 4.69) is 10.00 Å². The van der Waals surface area contributed by atoms with Gasteiger partial charge in [0.2, 0.25) is 0 Å². The van der Waals surface area contributed by atoms with E-state index in [4.69, 9.17) is 0 Å². The number of alkyl halides is 1. The van der Waals surface area contributed by atoms with Gasteiger partial charge in [0, 0.05) is 19.6 Å². The minimum Gasteiger partial charge on any atom is -0.301 e. The Morgan fingerprint density at radius 2 is 2.22 bits per heavy atom. The van der Waals surface area contributed by atoms with Crippen molar-refractivity contribution in [1.29, 1.82) is 0 Å². The molecule has 1 fully saturated rings. The van der Waals surface area contributed by atoms with E-state index in [-0.39, 0.29) is 18.4 Å². The van der Waals surface area contributed by atoms with Crippen molar-refractivity contribution in [3.8, 4) is 0 Å². The van der Waals surface area contributed by atoms with Gasteiger partial charge in [0.1, 0.15) is 18.6 Å². The number of hydrogen-bond donors (Lipinski definition) is 0. The largest absolute Gasteiger partial charge is 0.309 e. The fourth-order valence-electron chi connectivity index (χ4n) is 2.37. The molecule has 18 heavy (non-hydrogen) atoms. The Kier molecular flexibility index (Phi) is 3.90. The van der Waals surface area contributed by atoms with Crippen LogP contribution >= 0.6 is 0 Å². The average Bonchev–Trinajstić information content (AvgIpc) is 2.73. The zero-order chi connectivity index (χ0) is 13.1. The number of hydrogen-bond acceptors (Lipinski definition) is 4. The first-order valence-electron chi connectivity index (χ1n) is 6.10. The van der Waals surface area contributed by atoms with E-state index in [1.807, 2.05) is 0 Å². The van der Waals surface area contributed by atoms with E-state index in [0.717, 1.165) is 25.9 Å². The molecule has 2 heterocycles. The molecule has 6 nitrogen and oxygen atoms in total. The summed E-state index contributed by atoms with van der Waals surface area (Å²) in [5.41, 5.74) is 0.521. The molecule has 0 spiro atoms. The van der Waals surface area contributed by atoms with Gasteiger partial charge in [-0.15, -0.1) is 0 Å². The third-order valence-electron chi connectivity index (χ3n) is 3.42. The Morgan fingerprint density at radius 3 is 2.72 bits per heavy atom. The molecule has 0 aliphatic carbocycles. The lowest BCUT2D eigenvalue weighted by atomic mass is 10.1. The van der Waals surface area contributed by atoms with Gasteiger partial charge in [-0.1, -0.05) is 0 Å². The van der Waals surface area contributed by atoms with Gasteiger partial charge in [-0.05, 0) is 19.8 Å². The highest BCUT2D eigenvalue weighted by Gasteiger charge is 2.24. The molecule has 1 aromatic heterocycles. The Bertz CT molecular complexity index is 427. The predicted molar refractivity (Wildman–Crippen MR) is 64.3 cm³/mol. The maximum absolute atomic E-state index is 12.2. The molecule has 0 saturated carbocycles. The molecule has 7 heteroatoms. The standard InChI is InChI=1S/C11H17FN4O2/c1-9-11(16(17)18)8-15(13-9)10-2-5-14(6-3-10)7-4-12/h8,10H,2-7H2,1H3. The summed E-state index contributed by atoms with van der Waals surface area (Å²) in [6, 6.07) is 0.188. The van der Waals surface area contributed by atoms with Crippen molar-refractivity contribution < 1.29 is 9.31 Å². The van der Waals surface area contributed by atoms with E-state index >= 15 is 0 Å². The Balaban J connectivity index is 2.01. The highest BCUT2D eigenvalue weighted by atomic mass is 19.1. The molecular formula is C11H17FN4O2. The van der Waals surface area contributed by atoms with Gasteiger partial charge in [-0.2, -0.15) is 5.10 Å².